The van der Waals surface area contributed by atoms with Gasteiger partial charge in [-0.05, 0) is 31.2 Å². The van der Waals surface area contributed by atoms with Crippen LogP contribution < -0.4 is 15.9 Å². The van der Waals surface area contributed by atoms with E-state index in [1.54, 1.807) is 24.3 Å². The molecule has 2 aromatic carbocycles. The van der Waals surface area contributed by atoms with Crippen molar-refractivity contribution in [3.63, 3.8) is 0 Å². The predicted molar refractivity (Wildman–Crippen MR) is 129 cm³/mol. The van der Waals surface area contributed by atoms with Crippen molar-refractivity contribution in [1.82, 2.24) is 19.2 Å². The van der Waals surface area contributed by atoms with E-state index < -0.39 is 11.6 Å². The molecule has 1 saturated heterocycles. The number of nitrogens with one attached hydrogen (secondary N) is 1. The molecule has 2 aromatic heterocycles. The van der Waals surface area contributed by atoms with Crippen LogP contribution in [0.3, 0.4) is 0 Å². The average molecular weight is 463 g/mol. The highest BCUT2D eigenvalue weighted by atomic mass is 32.2. The highest BCUT2D eigenvalue weighted by molar-refractivity contribution is 7.99. The molecule has 9 nitrogen and oxygen atoms in total. The summed E-state index contributed by atoms with van der Waals surface area (Å²) in [6.45, 7) is 2.85. The van der Waals surface area contributed by atoms with Crippen LogP contribution >= 0.6 is 11.8 Å². The van der Waals surface area contributed by atoms with E-state index in [1.807, 2.05) is 36.0 Å². The number of hydrogen-bond acceptors (Lipinski definition) is 7. The number of benzene rings is 2. The molecule has 0 unspecified atom stereocenters. The molecule has 1 amide bonds. The fourth-order valence-electron chi connectivity index (χ4n) is 3.92. The van der Waals surface area contributed by atoms with Gasteiger partial charge in [-0.2, -0.15) is 11.8 Å². The standard InChI is InChI=1S/C23H22N6O3S/c1-15(30)16-5-4-6-17(13-16)24-20(31)14-28-23(32)29-19-8-3-2-7-18(19)25-21(22(29)26-28)27-9-11-33-12-10-27/h2-8,13H,9-12,14H2,1H3,(H,24,31). The minimum Gasteiger partial charge on any atom is -0.352 e. The molecule has 1 fully saturated rings. The summed E-state index contributed by atoms with van der Waals surface area (Å²) in [6, 6.07) is 14.1. The number of carbonyl (C=O) groups is 2. The number of ketones is 1. The van der Waals surface area contributed by atoms with Crippen molar-refractivity contribution < 1.29 is 9.59 Å². The van der Waals surface area contributed by atoms with Gasteiger partial charge in [-0.3, -0.25) is 9.59 Å². The molecule has 1 aliphatic heterocycles. The maximum Gasteiger partial charge on any atom is 0.351 e. The average Bonchev–Trinajstić information content (AvgIpc) is 3.15. The van der Waals surface area contributed by atoms with Crippen molar-refractivity contribution >= 4 is 51.6 Å². The van der Waals surface area contributed by atoms with E-state index in [9.17, 15) is 14.4 Å². The Hall–Kier alpha value is -3.66. The lowest BCUT2D eigenvalue weighted by atomic mass is 10.1. The highest BCUT2D eigenvalue weighted by Crippen LogP contribution is 2.24. The third-order valence-corrected chi connectivity index (χ3v) is 6.49. The van der Waals surface area contributed by atoms with Gasteiger partial charge in [0.25, 0.3) is 0 Å². The molecular weight excluding hydrogens is 440 g/mol. The van der Waals surface area contributed by atoms with Crippen LogP contribution in [0.15, 0.2) is 53.3 Å². The Morgan fingerprint density at radius 3 is 2.67 bits per heavy atom. The van der Waals surface area contributed by atoms with Gasteiger partial charge in [-0.25, -0.2) is 18.9 Å². The third-order valence-electron chi connectivity index (χ3n) is 5.55. The van der Waals surface area contributed by atoms with Gasteiger partial charge in [0, 0.05) is 35.8 Å². The van der Waals surface area contributed by atoms with Gasteiger partial charge in [0.1, 0.15) is 6.54 Å². The zero-order chi connectivity index (χ0) is 22.9. The Kier molecular flexibility index (Phi) is 5.59. The molecular formula is C23H22N6O3S. The van der Waals surface area contributed by atoms with Gasteiger partial charge in [0.05, 0.1) is 11.0 Å². The van der Waals surface area contributed by atoms with Crippen molar-refractivity contribution in [2.75, 3.05) is 34.8 Å². The quantitative estimate of drug-likeness (QED) is 0.455. The van der Waals surface area contributed by atoms with E-state index >= 15 is 0 Å². The van der Waals surface area contributed by atoms with Gasteiger partial charge < -0.3 is 10.2 Å². The highest BCUT2D eigenvalue weighted by Gasteiger charge is 2.22. The SMILES string of the molecule is CC(=O)c1cccc(NC(=O)Cn2nc3c(N4CCSCC4)nc4ccccc4n3c2=O)c1. The molecule has 0 atom stereocenters. The monoisotopic (exact) mass is 462 g/mol. The third kappa shape index (κ3) is 4.09. The number of carbonyl (C=O) groups excluding carboxylic acids is 2. The van der Waals surface area contributed by atoms with Crippen molar-refractivity contribution in [3.05, 3.63) is 64.6 Å². The largest absolute Gasteiger partial charge is 0.352 e. The van der Waals surface area contributed by atoms with Gasteiger partial charge >= 0.3 is 5.69 Å². The summed E-state index contributed by atoms with van der Waals surface area (Å²) >= 11 is 1.89. The molecule has 0 radical (unpaired) electrons. The first-order valence-corrected chi connectivity index (χ1v) is 11.8. The second kappa shape index (κ2) is 8.70. The predicted octanol–water partition coefficient (Wildman–Crippen LogP) is 2.44. The molecule has 0 saturated carbocycles. The normalized spacial score (nSPS) is 14.0. The van der Waals surface area contributed by atoms with Crippen LogP contribution in [0.25, 0.3) is 16.7 Å². The van der Waals surface area contributed by atoms with Gasteiger partial charge in [-0.15, -0.1) is 5.10 Å². The Bertz CT molecular complexity index is 1440. The maximum absolute atomic E-state index is 13.3. The molecule has 0 aliphatic carbocycles. The molecule has 5 rings (SSSR count). The zero-order valence-electron chi connectivity index (χ0n) is 18.0. The van der Waals surface area contributed by atoms with Crippen molar-refractivity contribution in [2.45, 2.75) is 13.5 Å². The van der Waals surface area contributed by atoms with Crippen LogP contribution in [0.5, 0.6) is 0 Å². The lowest BCUT2D eigenvalue weighted by Gasteiger charge is -2.27. The number of Topliss-reactive ketones (excluding diaryl/α,β-unsaturated/α-hetero) is 1. The second-order valence-electron chi connectivity index (χ2n) is 7.81. The summed E-state index contributed by atoms with van der Waals surface area (Å²) in [7, 11) is 0. The molecule has 33 heavy (non-hydrogen) atoms. The van der Waals surface area contributed by atoms with Gasteiger partial charge in [-0.1, -0.05) is 24.3 Å². The number of rotatable bonds is 5. The number of thioether (sulfide) groups is 1. The minimum atomic E-state index is -0.408. The smallest absolute Gasteiger partial charge is 0.351 e. The zero-order valence-corrected chi connectivity index (χ0v) is 18.8. The summed E-state index contributed by atoms with van der Waals surface area (Å²) in [5, 5.41) is 7.25. The first-order valence-electron chi connectivity index (χ1n) is 10.6. The summed E-state index contributed by atoms with van der Waals surface area (Å²) in [4.78, 5) is 44.6. The van der Waals surface area contributed by atoms with Gasteiger partial charge in [0.15, 0.2) is 11.6 Å². The second-order valence-corrected chi connectivity index (χ2v) is 9.03. The van der Waals surface area contributed by atoms with E-state index in [0.717, 1.165) is 29.3 Å². The minimum absolute atomic E-state index is 0.0920. The number of anilines is 2. The summed E-state index contributed by atoms with van der Waals surface area (Å²) in [5.74, 6) is 2.11. The molecule has 10 heteroatoms. The Labute approximate surface area is 193 Å². The van der Waals surface area contributed by atoms with Crippen molar-refractivity contribution in [3.8, 4) is 0 Å². The maximum atomic E-state index is 13.3. The lowest BCUT2D eigenvalue weighted by Crippen LogP contribution is -2.33. The summed E-state index contributed by atoms with van der Waals surface area (Å²) < 4.78 is 2.69. The van der Waals surface area contributed by atoms with Crippen LogP contribution in [-0.4, -0.2) is 55.5 Å². The number of aromatic nitrogens is 4. The van der Waals surface area contributed by atoms with Crippen molar-refractivity contribution in [2.24, 2.45) is 0 Å². The summed E-state index contributed by atoms with van der Waals surface area (Å²) in [5.41, 5.74) is 2.38. The number of fused-ring (bicyclic) bond motifs is 3. The van der Waals surface area contributed by atoms with E-state index in [1.165, 1.54) is 11.3 Å². The first kappa shape index (κ1) is 21.2. The number of amides is 1. The number of para-hydroxylation sites is 2. The summed E-state index contributed by atoms with van der Waals surface area (Å²) in [6.07, 6.45) is 0. The molecule has 168 valence electrons. The van der Waals surface area contributed by atoms with Crippen LogP contribution in [0, 0.1) is 0 Å². The molecule has 4 aromatic rings. The molecule has 3 heterocycles. The van der Waals surface area contributed by atoms with Crippen LogP contribution in [0.2, 0.25) is 0 Å². The molecule has 0 spiro atoms. The van der Waals surface area contributed by atoms with E-state index in [2.05, 4.69) is 15.3 Å². The lowest BCUT2D eigenvalue weighted by molar-refractivity contribution is -0.117. The topological polar surface area (TPSA) is 102 Å². The fraction of sp³-hybridized carbons (Fsp3) is 0.261. The Morgan fingerprint density at radius 1 is 1.09 bits per heavy atom. The van der Waals surface area contributed by atoms with Crippen LogP contribution in [0.1, 0.15) is 17.3 Å². The Balaban J connectivity index is 1.52. The van der Waals surface area contributed by atoms with E-state index in [4.69, 9.17) is 4.98 Å². The van der Waals surface area contributed by atoms with Crippen LogP contribution in [0.4, 0.5) is 11.5 Å². The Morgan fingerprint density at radius 2 is 1.88 bits per heavy atom. The fourth-order valence-corrected chi connectivity index (χ4v) is 4.83. The van der Waals surface area contributed by atoms with E-state index in [0.29, 0.717) is 33.7 Å². The number of nitrogens with zero attached hydrogens (tertiary/aromatic N) is 5. The van der Waals surface area contributed by atoms with Gasteiger partial charge in [0.2, 0.25) is 11.6 Å². The number of hydrogen-bond donors (Lipinski definition) is 1. The van der Waals surface area contributed by atoms with Crippen molar-refractivity contribution in [1.29, 1.82) is 0 Å². The van der Waals surface area contributed by atoms with E-state index in [-0.39, 0.29) is 12.3 Å². The van der Waals surface area contributed by atoms with Crippen LogP contribution in [-0.2, 0) is 11.3 Å². The molecule has 0 bridgehead atoms. The molecule has 1 N–H and O–H groups in total. The first-order chi connectivity index (χ1) is 16.0. The molecule has 1 aliphatic rings.